The van der Waals surface area contributed by atoms with Crippen LogP contribution in [0.3, 0.4) is 0 Å². The van der Waals surface area contributed by atoms with Gasteiger partial charge in [0.05, 0.1) is 11.3 Å². The second-order valence-corrected chi connectivity index (χ2v) is 7.56. The van der Waals surface area contributed by atoms with E-state index in [1.165, 1.54) is 12.1 Å². The number of pyridine rings is 1. The van der Waals surface area contributed by atoms with Gasteiger partial charge in [0.25, 0.3) is 5.91 Å². The number of carbonyl (C=O) groups is 3. The first-order valence-corrected chi connectivity index (χ1v) is 10.6. The van der Waals surface area contributed by atoms with Crippen molar-refractivity contribution in [3.05, 3.63) is 84.3 Å². The highest BCUT2D eigenvalue weighted by molar-refractivity contribution is 6.27. The highest BCUT2D eigenvalue weighted by Crippen LogP contribution is 2.30. The van der Waals surface area contributed by atoms with Gasteiger partial charge in [-0.3, -0.25) is 4.79 Å². The summed E-state index contributed by atoms with van der Waals surface area (Å²) in [6.45, 7) is 1.65. The van der Waals surface area contributed by atoms with Gasteiger partial charge in [0.15, 0.2) is 5.82 Å². The van der Waals surface area contributed by atoms with Crippen LogP contribution in [0.15, 0.2) is 72.9 Å². The minimum Gasteiger partial charge on any atom is -0.473 e. The van der Waals surface area contributed by atoms with Crippen molar-refractivity contribution < 1.29 is 29.0 Å². The summed E-state index contributed by atoms with van der Waals surface area (Å²) in [5.41, 5.74) is 1.52. The summed E-state index contributed by atoms with van der Waals surface area (Å²) in [5.74, 6) is -4.08. The van der Waals surface area contributed by atoms with Gasteiger partial charge in [-0.2, -0.15) is 0 Å². The van der Waals surface area contributed by atoms with E-state index < -0.39 is 23.7 Å². The maximum absolute atomic E-state index is 14.0. The minimum atomic E-state index is -1.82. The molecule has 0 radical (unpaired) electrons. The van der Waals surface area contributed by atoms with E-state index in [1.54, 1.807) is 30.5 Å². The van der Waals surface area contributed by atoms with Gasteiger partial charge in [-0.1, -0.05) is 30.3 Å². The van der Waals surface area contributed by atoms with Crippen molar-refractivity contribution in [2.45, 2.75) is 6.42 Å². The van der Waals surface area contributed by atoms with E-state index in [9.17, 15) is 9.18 Å². The number of nitrogens with zero attached hydrogens (tertiary/aromatic N) is 3. The lowest BCUT2D eigenvalue weighted by Crippen LogP contribution is -2.25. The van der Waals surface area contributed by atoms with Gasteiger partial charge in [-0.15, -0.1) is 0 Å². The number of rotatable bonds is 8. The van der Waals surface area contributed by atoms with Crippen molar-refractivity contribution in [1.29, 1.82) is 0 Å². The molecule has 0 unspecified atom stereocenters. The summed E-state index contributed by atoms with van der Waals surface area (Å²) in [5, 5.41) is 17.6. The number of aromatic nitrogens is 1. The zero-order valence-corrected chi connectivity index (χ0v) is 19.4. The first kappa shape index (κ1) is 26.9. The molecule has 3 aromatic rings. The number of aliphatic carboxylic acids is 2. The number of benzene rings is 2. The van der Waals surface area contributed by atoms with Gasteiger partial charge in [0.1, 0.15) is 5.82 Å². The van der Waals surface area contributed by atoms with Crippen molar-refractivity contribution in [1.82, 2.24) is 9.88 Å². The van der Waals surface area contributed by atoms with Gasteiger partial charge < -0.3 is 25.3 Å². The molecule has 2 aromatic carbocycles. The van der Waals surface area contributed by atoms with E-state index in [2.05, 4.69) is 20.1 Å². The van der Waals surface area contributed by atoms with E-state index in [0.717, 1.165) is 25.2 Å². The van der Waals surface area contributed by atoms with Crippen molar-refractivity contribution >= 4 is 35.0 Å². The number of hydrogen-bond donors (Lipinski definition) is 3. The highest BCUT2D eigenvalue weighted by Gasteiger charge is 2.18. The molecule has 35 heavy (non-hydrogen) atoms. The number of carboxylic acids is 2. The Morgan fingerprint density at radius 3 is 2.11 bits per heavy atom. The van der Waals surface area contributed by atoms with Crippen molar-refractivity contribution in [3.8, 4) is 0 Å². The molecule has 1 amide bonds. The van der Waals surface area contributed by atoms with Crippen LogP contribution in [0.4, 0.5) is 21.6 Å². The standard InChI is InChI=1S/C23H25FN4O.C2H2O4/c1-27(2)16-9-17-28(18-10-4-3-5-11-18)22-21(14-8-15-25-22)26-23(29)19-12-6-7-13-20(19)24;3-1(4)2(5)6/h3-8,10-15H,9,16-17H2,1-2H3,(H,26,29);(H,3,4)(H,5,6). The number of halogens is 1. The second kappa shape index (κ2) is 13.4. The Balaban J connectivity index is 0.000000641. The normalized spacial score (nSPS) is 10.2. The van der Waals surface area contributed by atoms with E-state index in [1.807, 2.05) is 44.4 Å². The molecular formula is C25H27FN4O5. The van der Waals surface area contributed by atoms with Crippen LogP contribution in [0.1, 0.15) is 16.8 Å². The van der Waals surface area contributed by atoms with Crippen LogP contribution in [0, 0.1) is 5.82 Å². The molecule has 0 atom stereocenters. The Kier molecular flexibility index (Phi) is 10.3. The van der Waals surface area contributed by atoms with Gasteiger partial charge in [-0.25, -0.2) is 19.0 Å². The number of hydrogen-bond acceptors (Lipinski definition) is 6. The number of anilines is 3. The molecule has 0 saturated carbocycles. The molecule has 0 spiro atoms. The van der Waals surface area contributed by atoms with Crippen LogP contribution < -0.4 is 10.2 Å². The number of para-hydroxylation sites is 1. The Bertz CT molecular complexity index is 1130. The van der Waals surface area contributed by atoms with Crippen LogP contribution in [-0.4, -0.2) is 65.1 Å². The van der Waals surface area contributed by atoms with Crippen LogP contribution in [0.2, 0.25) is 0 Å². The largest absolute Gasteiger partial charge is 0.473 e. The average Bonchev–Trinajstić information content (AvgIpc) is 2.83. The third-order valence-electron chi connectivity index (χ3n) is 4.65. The molecule has 0 bridgehead atoms. The Morgan fingerprint density at radius 2 is 1.51 bits per heavy atom. The smallest absolute Gasteiger partial charge is 0.414 e. The quantitative estimate of drug-likeness (QED) is 0.415. The van der Waals surface area contributed by atoms with Gasteiger partial charge in [0, 0.05) is 18.4 Å². The molecule has 0 fully saturated rings. The summed E-state index contributed by atoms with van der Waals surface area (Å²) in [6, 6.07) is 19.4. The maximum Gasteiger partial charge on any atom is 0.414 e. The Hall–Kier alpha value is -4.31. The van der Waals surface area contributed by atoms with Crippen LogP contribution in [-0.2, 0) is 9.59 Å². The summed E-state index contributed by atoms with van der Waals surface area (Å²) in [7, 11) is 4.07. The van der Waals surface area contributed by atoms with Gasteiger partial charge in [-0.05, 0) is 63.5 Å². The van der Waals surface area contributed by atoms with Crippen molar-refractivity contribution in [2.75, 3.05) is 37.4 Å². The Morgan fingerprint density at radius 1 is 0.886 bits per heavy atom. The molecule has 0 aliphatic heterocycles. The van der Waals surface area contributed by atoms with Crippen molar-refractivity contribution in [3.63, 3.8) is 0 Å². The van der Waals surface area contributed by atoms with E-state index >= 15 is 0 Å². The fraction of sp³-hybridized carbons (Fsp3) is 0.200. The first-order chi connectivity index (χ1) is 16.7. The van der Waals surface area contributed by atoms with Crippen molar-refractivity contribution in [2.24, 2.45) is 0 Å². The average molecular weight is 483 g/mol. The predicted octanol–water partition coefficient (Wildman–Crippen LogP) is 3.72. The summed E-state index contributed by atoms with van der Waals surface area (Å²) < 4.78 is 14.0. The summed E-state index contributed by atoms with van der Waals surface area (Å²) in [4.78, 5) is 39.6. The number of amides is 1. The third kappa shape index (κ3) is 8.52. The SMILES string of the molecule is CN(C)CCCN(c1ccccc1)c1ncccc1NC(=O)c1ccccc1F.O=C(O)C(=O)O. The lowest BCUT2D eigenvalue weighted by atomic mass is 10.2. The molecule has 1 heterocycles. The number of nitrogens with one attached hydrogen (secondary N) is 1. The highest BCUT2D eigenvalue weighted by atomic mass is 19.1. The molecule has 0 saturated heterocycles. The fourth-order valence-corrected chi connectivity index (χ4v) is 3.05. The predicted molar refractivity (Wildman–Crippen MR) is 130 cm³/mol. The lowest BCUT2D eigenvalue weighted by molar-refractivity contribution is -0.159. The lowest BCUT2D eigenvalue weighted by Gasteiger charge is -2.26. The van der Waals surface area contributed by atoms with Gasteiger partial charge >= 0.3 is 11.9 Å². The topological polar surface area (TPSA) is 123 Å². The molecule has 1 aromatic heterocycles. The molecule has 0 aliphatic carbocycles. The van der Waals surface area contributed by atoms with E-state index in [-0.39, 0.29) is 5.56 Å². The molecule has 10 heteroatoms. The zero-order valence-electron chi connectivity index (χ0n) is 19.4. The first-order valence-electron chi connectivity index (χ1n) is 10.6. The minimum absolute atomic E-state index is 0.00109. The second-order valence-electron chi connectivity index (χ2n) is 7.56. The molecular weight excluding hydrogens is 455 g/mol. The van der Waals surface area contributed by atoms with Crippen LogP contribution in [0.5, 0.6) is 0 Å². The molecule has 184 valence electrons. The van der Waals surface area contributed by atoms with Crippen LogP contribution >= 0.6 is 0 Å². The molecule has 3 rings (SSSR count). The van der Waals surface area contributed by atoms with E-state index in [4.69, 9.17) is 19.8 Å². The molecule has 3 N–H and O–H groups in total. The zero-order chi connectivity index (χ0) is 25.8. The van der Waals surface area contributed by atoms with Crippen LogP contribution in [0.25, 0.3) is 0 Å². The monoisotopic (exact) mass is 482 g/mol. The third-order valence-corrected chi connectivity index (χ3v) is 4.65. The molecule has 9 nitrogen and oxygen atoms in total. The Labute approximate surface area is 202 Å². The summed E-state index contributed by atoms with van der Waals surface area (Å²) in [6.07, 6.45) is 2.61. The van der Waals surface area contributed by atoms with E-state index in [0.29, 0.717) is 11.5 Å². The number of carboxylic acid groups (broad SMARTS) is 2. The molecule has 0 aliphatic rings. The van der Waals surface area contributed by atoms with Gasteiger partial charge in [0.2, 0.25) is 0 Å². The number of carbonyl (C=O) groups excluding carboxylic acids is 1. The summed E-state index contributed by atoms with van der Waals surface area (Å²) >= 11 is 0. The maximum atomic E-state index is 14.0. The fourth-order valence-electron chi connectivity index (χ4n) is 3.05.